The Morgan fingerprint density at radius 3 is 2.23 bits per heavy atom. The average molecular weight is 302 g/mol. The number of aliphatic hydroxyl groups excluding tert-OH is 1. The number of rotatable bonds is 6. The van der Waals surface area contributed by atoms with E-state index < -0.39 is 18.0 Å². The van der Waals surface area contributed by atoms with Gasteiger partial charge in [-0.15, -0.1) is 0 Å². The normalized spacial score (nSPS) is 11.7. The van der Waals surface area contributed by atoms with Crippen LogP contribution in [0.2, 0.25) is 0 Å². The molecule has 0 aliphatic heterocycles. The molecule has 0 bridgehead atoms. The molecule has 1 unspecified atom stereocenters. The molecule has 0 amide bonds. The predicted molar refractivity (Wildman–Crippen MR) is 76.8 cm³/mol. The highest BCUT2D eigenvalue weighted by Crippen LogP contribution is 2.19. The molecule has 0 fully saturated rings. The first-order valence-electron chi connectivity index (χ1n) is 6.44. The molecule has 0 spiro atoms. The topological polar surface area (TPSA) is 104 Å². The minimum absolute atomic E-state index is 0.0727. The number of carboxylic acids is 2. The lowest BCUT2D eigenvalue weighted by molar-refractivity contribution is -0.146. The molecule has 1 atom stereocenters. The summed E-state index contributed by atoms with van der Waals surface area (Å²) in [4.78, 5) is 21.7. The van der Waals surface area contributed by atoms with Crippen LogP contribution in [-0.2, 0) is 11.4 Å². The molecule has 0 aliphatic rings. The quantitative estimate of drug-likeness (QED) is 0.754. The van der Waals surface area contributed by atoms with Crippen molar-refractivity contribution >= 4 is 11.9 Å². The van der Waals surface area contributed by atoms with E-state index in [4.69, 9.17) is 14.9 Å². The van der Waals surface area contributed by atoms with E-state index in [-0.39, 0.29) is 17.7 Å². The van der Waals surface area contributed by atoms with Gasteiger partial charge in [-0.25, -0.2) is 9.59 Å². The van der Waals surface area contributed by atoms with Crippen molar-refractivity contribution in [2.75, 3.05) is 0 Å². The van der Waals surface area contributed by atoms with Gasteiger partial charge in [0.15, 0.2) is 6.10 Å². The number of aliphatic hydroxyl groups is 1. The first-order valence-corrected chi connectivity index (χ1v) is 6.44. The van der Waals surface area contributed by atoms with E-state index in [9.17, 15) is 14.7 Å². The molecule has 0 saturated heterocycles. The lowest BCUT2D eigenvalue weighted by Crippen LogP contribution is -2.10. The zero-order valence-electron chi connectivity index (χ0n) is 11.5. The molecule has 2 aromatic carbocycles. The smallest absolute Gasteiger partial charge is 0.337 e. The van der Waals surface area contributed by atoms with Gasteiger partial charge in [-0.05, 0) is 23.8 Å². The number of aromatic carboxylic acids is 1. The predicted octanol–water partition coefficient (Wildman–Crippen LogP) is 2.08. The van der Waals surface area contributed by atoms with Gasteiger partial charge >= 0.3 is 11.9 Å². The van der Waals surface area contributed by atoms with Crippen LogP contribution in [-0.4, -0.2) is 27.3 Å². The monoisotopic (exact) mass is 302 g/mol. The highest BCUT2D eigenvalue weighted by Gasteiger charge is 2.15. The van der Waals surface area contributed by atoms with Crippen LogP contribution in [0, 0.1) is 0 Å². The molecule has 6 nitrogen and oxygen atoms in total. The minimum atomic E-state index is -1.58. The van der Waals surface area contributed by atoms with Crippen LogP contribution < -0.4 is 4.74 Å². The Hall–Kier alpha value is -2.86. The van der Waals surface area contributed by atoms with Crippen molar-refractivity contribution in [3.8, 4) is 5.75 Å². The number of hydrogen-bond donors (Lipinski definition) is 3. The van der Waals surface area contributed by atoms with E-state index in [0.717, 1.165) is 0 Å². The summed E-state index contributed by atoms with van der Waals surface area (Å²) in [6, 6.07) is 12.4. The first kappa shape index (κ1) is 15.5. The molecule has 2 rings (SSSR count). The maximum Gasteiger partial charge on any atom is 0.337 e. The summed E-state index contributed by atoms with van der Waals surface area (Å²) in [6.45, 7) is 0.0727. The highest BCUT2D eigenvalue weighted by molar-refractivity contribution is 5.89. The molecule has 6 heteroatoms. The number of carboxylic acid groups (broad SMARTS) is 2. The van der Waals surface area contributed by atoms with Crippen LogP contribution in [0.15, 0.2) is 48.5 Å². The van der Waals surface area contributed by atoms with E-state index in [2.05, 4.69) is 0 Å². The van der Waals surface area contributed by atoms with Crippen LogP contribution in [0.1, 0.15) is 27.6 Å². The van der Waals surface area contributed by atoms with E-state index in [1.54, 1.807) is 18.2 Å². The van der Waals surface area contributed by atoms with Gasteiger partial charge < -0.3 is 20.1 Å². The summed E-state index contributed by atoms with van der Waals surface area (Å²) in [5, 5.41) is 27.2. The summed E-state index contributed by atoms with van der Waals surface area (Å²) in [6.07, 6.45) is -1.58. The van der Waals surface area contributed by atoms with Gasteiger partial charge in [-0.1, -0.05) is 30.3 Å². The van der Waals surface area contributed by atoms with Crippen LogP contribution in [0.25, 0.3) is 0 Å². The third kappa shape index (κ3) is 3.62. The number of ether oxygens (including phenoxy) is 1. The molecule has 114 valence electrons. The van der Waals surface area contributed by atoms with E-state index >= 15 is 0 Å². The summed E-state index contributed by atoms with van der Waals surface area (Å²) in [5.41, 5.74) is 0.941. The molecular weight excluding hydrogens is 288 g/mol. The van der Waals surface area contributed by atoms with Crippen molar-refractivity contribution in [2.45, 2.75) is 12.7 Å². The number of benzene rings is 2. The third-order valence-corrected chi connectivity index (χ3v) is 3.07. The van der Waals surface area contributed by atoms with Gasteiger partial charge in [0.1, 0.15) is 12.4 Å². The zero-order chi connectivity index (χ0) is 16.1. The van der Waals surface area contributed by atoms with Gasteiger partial charge in [-0.3, -0.25) is 0 Å². The first-order chi connectivity index (χ1) is 10.5. The van der Waals surface area contributed by atoms with Crippen molar-refractivity contribution in [3.63, 3.8) is 0 Å². The molecule has 2 aromatic rings. The molecule has 0 radical (unpaired) electrons. The Morgan fingerprint density at radius 2 is 1.64 bits per heavy atom. The highest BCUT2D eigenvalue weighted by atomic mass is 16.5. The van der Waals surface area contributed by atoms with Crippen LogP contribution in [0.5, 0.6) is 5.75 Å². The zero-order valence-corrected chi connectivity index (χ0v) is 11.5. The molecule has 0 aromatic heterocycles. The van der Waals surface area contributed by atoms with Gasteiger partial charge in [0.25, 0.3) is 0 Å². The van der Waals surface area contributed by atoms with Crippen molar-refractivity contribution in [1.82, 2.24) is 0 Å². The number of hydrogen-bond acceptors (Lipinski definition) is 4. The summed E-state index contributed by atoms with van der Waals surface area (Å²) in [5.74, 6) is -1.91. The van der Waals surface area contributed by atoms with Crippen molar-refractivity contribution in [3.05, 3.63) is 65.2 Å². The Morgan fingerprint density at radius 1 is 1.00 bits per heavy atom. The number of aliphatic carboxylic acids is 1. The second kappa shape index (κ2) is 6.73. The van der Waals surface area contributed by atoms with E-state index in [0.29, 0.717) is 11.3 Å². The molecular formula is C16H14O6. The molecule has 3 N–H and O–H groups in total. The summed E-state index contributed by atoms with van der Waals surface area (Å²) < 4.78 is 5.49. The molecule has 0 aliphatic carbocycles. The van der Waals surface area contributed by atoms with Gasteiger partial charge in [-0.2, -0.15) is 0 Å². The van der Waals surface area contributed by atoms with Gasteiger partial charge in [0, 0.05) is 5.56 Å². The lowest BCUT2D eigenvalue weighted by Gasteiger charge is -2.10. The van der Waals surface area contributed by atoms with Crippen molar-refractivity contribution in [2.24, 2.45) is 0 Å². The summed E-state index contributed by atoms with van der Waals surface area (Å²) >= 11 is 0. The van der Waals surface area contributed by atoms with Crippen LogP contribution in [0.3, 0.4) is 0 Å². The fourth-order valence-corrected chi connectivity index (χ4v) is 1.90. The maximum atomic E-state index is 11.1. The fourth-order valence-electron chi connectivity index (χ4n) is 1.90. The Balaban J connectivity index is 2.07. The SMILES string of the molecule is O=C(O)c1ccccc1COc1ccc(C(O)C(=O)O)cc1. The lowest BCUT2D eigenvalue weighted by atomic mass is 10.1. The van der Waals surface area contributed by atoms with Crippen LogP contribution >= 0.6 is 0 Å². The molecule has 22 heavy (non-hydrogen) atoms. The van der Waals surface area contributed by atoms with Gasteiger partial charge in [0.2, 0.25) is 0 Å². The third-order valence-electron chi connectivity index (χ3n) is 3.07. The summed E-state index contributed by atoms with van der Waals surface area (Å²) in [7, 11) is 0. The Bertz CT molecular complexity index is 677. The van der Waals surface area contributed by atoms with E-state index in [1.165, 1.54) is 30.3 Å². The minimum Gasteiger partial charge on any atom is -0.489 e. The Kier molecular flexibility index (Phi) is 4.75. The van der Waals surface area contributed by atoms with Gasteiger partial charge in [0.05, 0.1) is 5.56 Å². The van der Waals surface area contributed by atoms with Crippen LogP contribution in [0.4, 0.5) is 0 Å². The molecule has 0 heterocycles. The molecule has 0 saturated carbocycles. The maximum absolute atomic E-state index is 11.1. The number of carbonyl (C=O) groups is 2. The van der Waals surface area contributed by atoms with E-state index in [1.807, 2.05) is 0 Å². The average Bonchev–Trinajstić information content (AvgIpc) is 2.52. The van der Waals surface area contributed by atoms with Crippen molar-refractivity contribution < 1.29 is 29.6 Å². The largest absolute Gasteiger partial charge is 0.489 e. The second-order valence-corrected chi connectivity index (χ2v) is 4.56. The van der Waals surface area contributed by atoms with Crippen molar-refractivity contribution in [1.29, 1.82) is 0 Å². The Labute approximate surface area is 126 Å². The second-order valence-electron chi connectivity index (χ2n) is 4.56. The fraction of sp³-hybridized carbons (Fsp3) is 0.125. The standard InChI is InChI=1S/C16H14O6/c17-14(16(20)21)10-5-7-12(8-6-10)22-9-11-3-1-2-4-13(11)15(18)19/h1-8,14,17H,9H2,(H,18,19)(H,20,21).